The van der Waals surface area contributed by atoms with Crippen molar-refractivity contribution in [3.05, 3.63) is 58.5 Å². The summed E-state index contributed by atoms with van der Waals surface area (Å²) in [6, 6.07) is 10.7. The van der Waals surface area contributed by atoms with Crippen molar-refractivity contribution in [3.8, 4) is 0 Å². The third-order valence-corrected chi connectivity index (χ3v) is 4.46. The Hall–Kier alpha value is -2.93. The van der Waals surface area contributed by atoms with Crippen LogP contribution in [0.3, 0.4) is 0 Å². The Labute approximate surface area is 151 Å². The molecule has 26 heavy (non-hydrogen) atoms. The lowest BCUT2D eigenvalue weighted by Gasteiger charge is -2.19. The maximum absolute atomic E-state index is 12.5. The maximum Gasteiger partial charge on any atom is 0.259 e. The topological polar surface area (TPSA) is 83.0 Å². The molecule has 0 aliphatic rings. The van der Waals surface area contributed by atoms with Crippen LogP contribution in [0.15, 0.2) is 47.4 Å². The summed E-state index contributed by atoms with van der Waals surface area (Å²) in [5.41, 5.74) is 1.96. The van der Waals surface area contributed by atoms with E-state index >= 15 is 0 Å². The Bertz CT molecular complexity index is 935. The Morgan fingerprint density at radius 3 is 2.65 bits per heavy atom. The number of anilines is 1. The number of pyridine rings is 1. The number of aromatic nitrogens is 3. The zero-order valence-electron chi connectivity index (χ0n) is 15.0. The molecule has 0 bridgehead atoms. The summed E-state index contributed by atoms with van der Waals surface area (Å²) >= 11 is 0. The molecule has 0 aliphatic carbocycles. The number of nitrogens with zero attached hydrogens (tertiary/aromatic N) is 3. The number of aromatic amines is 1. The van der Waals surface area contributed by atoms with E-state index in [1.807, 2.05) is 28.8 Å². The van der Waals surface area contributed by atoms with Gasteiger partial charge in [0.05, 0.1) is 16.6 Å². The number of benzene rings is 1. The van der Waals surface area contributed by atoms with Gasteiger partial charge < -0.3 is 14.5 Å². The first kappa shape index (κ1) is 17.9. The largest absolute Gasteiger partial charge is 0.328 e. The molecule has 2 aromatic heterocycles. The molecular weight excluding hydrogens is 330 g/mol. The van der Waals surface area contributed by atoms with Gasteiger partial charge in [0.1, 0.15) is 0 Å². The van der Waals surface area contributed by atoms with Gasteiger partial charge in [-0.1, -0.05) is 26.0 Å². The van der Waals surface area contributed by atoms with Gasteiger partial charge in [-0.2, -0.15) is 0 Å². The van der Waals surface area contributed by atoms with Crippen molar-refractivity contribution >= 4 is 22.9 Å². The number of carbonyl (C=O) groups is 1. The highest BCUT2D eigenvalue weighted by Crippen LogP contribution is 2.20. The predicted molar refractivity (Wildman–Crippen MR) is 103 cm³/mol. The lowest BCUT2D eigenvalue weighted by atomic mass is 10.3. The van der Waals surface area contributed by atoms with Crippen molar-refractivity contribution in [1.29, 1.82) is 0 Å². The van der Waals surface area contributed by atoms with E-state index in [0.29, 0.717) is 11.5 Å². The number of nitrogens with one attached hydrogen (secondary N) is 2. The molecular formula is C19H23N5O2. The van der Waals surface area contributed by atoms with E-state index in [1.54, 1.807) is 0 Å². The van der Waals surface area contributed by atoms with Crippen molar-refractivity contribution in [2.75, 3.05) is 25.0 Å². The molecule has 3 aromatic rings. The molecule has 1 aromatic carbocycles. The van der Waals surface area contributed by atoms with Gasteiger partial charge >= 0.3 is 0 Å². The lowest BCUT2D eigenvalue weighted by Crippen LogP contribution is -2.27. The molecule has 2 N–H and O–H groups in total. The summed E-state index contributed by atoms with van der Waals surface area (Å²) in [6.45, 7) is 7.81. The summed E-state index contributed by atoms with van der Waals surface area (Å²) in [6.07, 6.45) is 1.40. The van der Waals surface area contributed by atoms with Crippen LogP contribution < -0.4 is 10.9 Å². The van der Waals surface area contributed by atoms with Crippen LogP contribution >= 0.6 is 0 Å². The standard InChI is InChI=1S/C19H23N5O2/c1-3-23(4-2)11-12-24-16-8-6-5-7-15(16)21-19(24)22-18(26)14-9-10-17(25)20-13-14/h5-10,13H,3-4,11-12H2,1-2H3,(H,20,25)(H,21,22,26). The second kappa shape index (κ2) is 7.97. The number of H-pyrrole nitrogens is 1. The van der Waals surface area contributed by atoms with Gasteiger partial charge in [0.25, 0.3) is 5.91 Å². The van der Waals surface area contributed by atoms with E-state index in [0.717, 1.165) is 37.2 Å². The molecule has 0 saturated carbocycles. The van der Waals surface area contributed by atoms with Crippen LogP contribution in [0.5, 0.6) is 0 Å². The quantitative estimate of drug-likeness (QED) is 0.683. The van der Waals surface area contributed by atoms with Gasteiger partial charge in [0, 0.05) is 25.4 Å². The Morgan fingerprint density at radius 2 is 1.96 bits per heavy atom. The lowest BCUT2D eigenvalue weighted by molar-refractivity contribution is 0.102. The third kappa shape index (κ3) is 3.83. The SMILES string of the molecule is CCN(CC)CCn1c(NC(=O)c2ccc(=O)[nH]c2)nc2ccccc21. The van der Waals surface area contributed by atoms with Crippen molar-refractivity contribution < 1.29 is 4.79 Å². The summed E-state index contributed by atoms with van der Waals surface area (Å²) in [5.74, 6) is 0.204. The molecule has 2 heterocycles. The van der Waals surface area contributed by atoms with Crippen molar-refractivity contribution in [1.82, 2.24) is 19.4 Å². The molecule has 0 aliphatic heterocycles. The Kier molecular flexibility index (Phi) is 5.48. The first-order valence-electron chi connectivity index (χ1n) is 8.80. The van der Waals surface area contributed by atoms with Crippen LogP contribution in [0.1, 0.15) is 24.2 Å². The van der Waals surface area contributed by atoms with Crippen LogP contribution in [0.2, 0.25) is 0 Å². The van der Waals surface area contributed by atoms with E-state index < -0.39 is 0 Å². The molecule has 0 saturated heterocycles. The first-order chi connectivity index (χ1) is 12.6. The number of fused-ring (bicyclic) bond motifs is 1. The monoisotopic (exact) mass is 353 g/mol. The predicted octanol–water partition coefficient (Wildman–Crippen LogP) is 2.32. The number of hydrogen-bond acceptors (Lipinski definition) is 4. The molecule has 136 valence electrons. The van der Waals surface area contributed by atoms with Gasteiger partial charge in [0.2, 0.25) is 11.5 Å². The smallest absolute Gasteiger partial charge is 0.259 e. The van der Waals surface area contributed by atoms with E-state index in [-0.39, 0.29) is 11.5 Å². The molecule has 1 amide bonds. The van der Waals surface area contributed by atoms with E-state index in [1.165, 1.54) is 18.3 Å². The molecule has 0 spiro atoms. The minimum Gasteiger partial charge on any atom is -0.328 e. The summed E-state index contributed by atoms with van der Waals surface area (Å²) in [4.78, 5) is 33.1. The average Bonchev–Trinajstić information content (AvgIpc) is 3.00. The minimum atomic E-state index is -0.305. The van der Waals surface area contributed by atoms with Crippen molar-refractivity contribution in [2.45, 2.75) is 20.4 Å². The summed E-state index contributed by atoms with van der Waals surface area (Å²) in [5, 5.41) is 2.87. The number of imidazole rings is 1. The average molecular weight is 353 g/mol. The Balaban J connectivity index is 1.89. The van der Waals surface area contributed by atoms with E-state index in [2.05, 4.69) is 34.0 Å². The number of carbonyl (C=O) groups excluding carboxylic acids is 1. The van der Waals surface area contributed by atoms with Gasteiger partial charge in [0.15, 0.2) is 0 Å². The van der Waals surface area contributed by atoms with Gasteiger partial charge in [-0.05, 0) is 31.3 Å². The zero-order valence-corrected chi connectivity index (χ0v) is 15.0. The van der Waals surface area contributed by atoms with Crippen LogP contribution in [0.25, 0.3) is 11.0 Å². The first-order valence-corrected chi connectivity index (χ1v) is 8.80. The molecule has 0 unspecified atom stereocenters. The molecule has 7 nitrogen and oxygen atoms in total. The second-order valence-corrected chi connectivity index (χ2v) is 6.00. The fraction of sp³-hybridized carbons (Fsp3) is 0.316. The number of rotatable bonds is 7. The molecule has 0 fully saturated rings. The molecule has 7 heteroatoms. The van der Waals surface area contributed by atoms with E-state index in [9.17, 15) is 9.59 Å². The highest BCUT2D eigenvalue weighted by molar-refractivity contribution is 6.03. The zero-order chi connectivity index (χ0) is 18.5. The fourth-order valence-corrected chi connectivity index (χ4v) is 2.90. The molecule has 0 radical (unpaired) electrons. The summed E-state index contributed by atoms with van der Waals surface area (Å²) in [7, 11) is 0. The normalized spacial score (nSPS) is 11.2. The van der Waals surface area contributed by atoms with Crippen molar-refractivity contribution in [2.24, 2.45) is 0 Å². The number of hydrogen-bond donors (Lipinski definition) is 2. The molecule has 3 rings (SSSR count). The van der Waals surface area contributed by atoms with Crippen LogP contribution in [0.4, 0.5) is 5.95 Å². The van der Waals surface area contributed by atoms with E-state index in [4.69, 9.17) is 0 Å². The minimum absolute atomic E-state index is 0.243. The third-order valence-electron chi connectivity index (χ3n) is 4.46. The second-order valence-electron chi connectivity index (χ2n) is 6.00. The van der Waals surface area contributed by atoms with Gasteiger partial charge in [-0.15, -0.1) is 0 Å². The number of amides is 1. The van der Waals surface area contributed by atoms with Crippen LogP contribution in [0, 0.1) is 0 Å². The van der Waals surface area contributed by atoms with Crippen molar-refractivity contribution in [3.63, 3.8) is 0 Å². The highest BCUT2D eigenvalue weighted by atomic mass is 16.2. The molecule has 0 atom stereocenters. The highest BCUT2D eigenvalue weighted by Gasteiger charge is 2.15. The van der Waals surface area contributed by atoms with Crippen LogP contribution in [-0.2, 0) is 6.54 Å². The number of para-hydroxylation sites is 2. The van der Waals surface area contributed by atoms with Gasteiger partial charge in [-0.3, -0.25) is 14.9 Å². The maximum atomic E-state index is 12.5. The number of likely N-dealkylation sites (N-methyl/N-ethyl adjacent to an activating group) is 1. The summed E-state index contributed by atoms with van der Waals surface area (Å²) < 4.78 is 2.03. The Morgan fingerprint density at radius 1 is 1.19 bits per heavy atom. The fourth-order valence-electron chi connectivity index (χ4n) is 2.90. The van der Waals surface area contributed by atoms with Gasteiger partial charge in [-0.25, -0.2) is 4.98 Å². The van der Waals surface area contributed by atoms with Crippen LogP contribution in [-0.4, -0.2) is 45.0 Å².